The third-order valence-electron chi connectivity index (χ3n) is 4.01. The molecule has 19 heavy (non-hydrogen) atoms. The van der Waals surface area contributed by atoms with Crippen LogP contribution in [0.4, 0.5) is 0 Å². The van der Waals surface area contributed by atoms with Crippen molar-refractivity contribution in [1.82, 2.24) is 15.3 Å². The lowest BCUT2D eigenvalue weighted by atomic mass is 10.1. The van der Waals surface area contributed by atoms with Crippen LogP contribution in [0.1, 0.15) is 11.1 Å². The Bertz CT molecular complexity index is 427. The van der Waals surface area contributed by atoms with Crippen LogP contribution in [0.5, 0.6) is 5.75 Å². The van der Waals surface area contributed by atoms with Crippen molar-refractivity contribution >= 4 is 0 Å². The number of hydrogen-bond donors (Lipinski definition) is 1. The summed E-state index contributed by atoms with van der Waals surface area (Å²) in [4.78, 5) is 2.37. The van der Waals surface area contributed by atoms with E-state index >= 15 is 0 Å². The maximum Gasteiger partial charge on any atom is 0.122 e. The second-order valence-corrected chi connectivity index (χ2v) is 5.49. The third kappa shape index (κ3) is 3.26. The molecule has 1 fully saturated rings. The predicted molar refractivity (Wildman–Crippen MR) is 76.4 cm³/mol. The van der Waals surface area contributed by atoms with Crippen LogP contribution in [0.25, 0.3) is 0 Å². The van der Waals surface area contributed by atoms with Gasteiger partial charge in [0.1, 0.15) is 5.75 Å². The highest BCUT2D eigenvalue weighted by Crippen LogP contribution is 2.25. The summed E-state index contributed by atoms with van der Waals surface area (Å²) in [6.45, 7) is 6.41. The van der Waals surface area contributed by atoms with Crippen LogP contribution in [-0.4, -0.2) is 56.3 Å². The lowest BCUT2D eigenvalue weighted by molar-refractivity contribution is 0.105. The first-order valence-electron chi connectivity index (χ1n) is 7.23. The summed E-state index contributed by atoms with van der Waals surface area (Å²) in [5.41, 5.74) is 6.31. The van der Waals surface area contributed by atoms with Gasteiger partial charge in [0, 0.05) is 39.1 Å². The highest BCUT2D eigenvalue weighted by Gasteiger charge is 2.14. The standard InChI is InChI=1S/C15H23N3O/c1-17-7-9-18(10-8-17)16-6-4-13-2-3-15-14(12-13)5-11-19-15/h2-3,12,16H,4-11H2,1H3. The maximum absolute atomic E-state index is 5.53. The Morgan fingerprint density at radius 2 is 2.05 bits per heavy atom. The van der Waals surface area contributed by atoms with E-state index in [-0.39, 0.29) is 0 Å². The SMILES string of the molecule is CN1CCN(NCCc2ccc3c(c2)CCO3)CC1. The molecule has 1 aromatic carbocycles. The molecule has 4 heteroatoms. The summed E-state index contributed by atoms with van der Waals surface area (Å²) in [7, 11) is 2.18. The summed E-state index contributed by atoms with van der Waals surface area (Å²) >= 11 is 0. The Labute approximate surface area is 115 Å². The van der Waals surface area contributed by atoms with Crippen LogP contribution in [0, 0.1) is 0 Å². The van der Waals surface area contributed by atoms with Crippen LogP contribution in [0.2, 0.25) is 0 Å². The van der Waals surface area contributed by atoms with Gasteiger partial charge in [-0.3, -0.25) is 5.43 Å². The van der Waals surface area contributed by atoms with Crippen molar-refractivity contribution in [2.45, 2.75) is 12.8 Å². The van der Waals surface area contributed by atoms with Gasteiger partial charge in [0.15, 0.2) is 0 Å². The molecule has 0 aromatic heterocycles. The Balaban J connectivity index is 1.45. The van der Waals surface area contributed by atoms with E-state index < -0.39 is 0 Å². The predicted octanol–water partition coefficient (Wildman–Crippen LogP) is 0.916. The zero-order chi connectivity index (χ0) is 13.1. The fraction of sp³-hybridized carbons (Fsp3) is 0.600. The van der Waals surface area contributed by atoms with Gasteiger partial charge in [-0.05, 0) is 30.7 Å². The Morgan fingerprint density at radius 1 is 1.21 bits per heavy atom. The number of piperazine rings is 1. The van der Waals surface area contributed by atoms with E-state index in [0.717, 1.165) is 57.9 Å². The first-order valence-corrected chi connectivity index (χ1v) is 7.23. The normalized spacial score (nSPS) is 20.3. The van der Waals surface area contributed by atoms with E-state index in [2.05, 4.69) is 40.6 Å². The van der Waals surface area contributed by atoms with Gasteiger partial charge in [-0.15, -0.1) is 0 Å². The summed E-state index contributed by atoms with van der Waals surface area (Å²) in [6, 6.07) is 6.61. The average Bonchev–Trinajstić information content (AvgIpc) is 2.88. The summed E-state index contributed by atoms with van der Waals surface area (Å²) in [5, 5.41) is 2.34. The number of hydrazine groups is 1. The molecule has 0 atom stereocenters. The van der Waals surface area contributed by atoms with Gasteiger partial charge in [0.25, 0.3) is 0 Å². The monoisotopic (exact) mass is 261 g/mol. The number of hydrogen-bond acceptors (Lipinski definition) is 4. The van der Waals surface area contributed by atoms with Crippen molar-refractivity contribution in [3.63, 3.8) is 0 Å². The highest BCUT2D eigenvalue weighted by atomic mass is 16.5. The highest BCUT2D eigenvalue weighted by molar-refractivity contribution is 5.39. The summed E-state index contributed by atoms with van der Waals surface area (Å²) < 4.78 is 5.53. The van der Waals surface area contributed by atoms with Crippen molar-refractivity contribution in [3.05, 3.63) is 29.3 Å². The molecule has 2 aliphatic heterocycles. The minimum absolute atomic E-state index is 0.846. The van der Waals surface area contributed by atoms with Crippen molar-refractivity contribution in [2.75, 3.05) is 46.4 Å². The molecule has 0 saturated carbocycles. The van der Waals surface area contributed by atoms with Gasteiger partial charge in [0.05, 0.1) is 6.61 Å². The molecule has 1 N–H and O–H groups in total. The van der Waals surface area contributed by atoms with Crippen LogP contribution < -0.4 is 10.2 Å². The molecule has 3 rings (SSSR count). The van der Waals surface area contributed by atoms with Gasteiger partial charge < -0.3 is 9.64 Å². The molecule has 2 aliphatic rings. The van der Waals surface area contributed by atoms with Gasteiger partial charge >= 0.3 is 0 Å². The molecule has 0 radical (unpaired) electrons. The lowest BCUT2D eigenvalue weighted by Crippen LogP contribution is -2.51. The van der Waals surface area contributed by atoms with Crippen LogP contribution in [0.15, 0.2) is 18.2 Å². The minimum Gasteiger partial charge on any atom is -0.493 e. The fourth-order valence-corrected chi connectivity index (χ4v) is 2.72. The zero-order valence-corrected chi connectivity index (χ0v) is 11.7. The Hall–Kier alpha value is -1.10. The number of likely N-dealkylation sites (N-methyl/N-ethyl adjacent to an activating group) is 1. The molecule has 1 aromatic rings. The molecule has 0 unspecified atom stereocenters. The summed E-state index contributed by atoms with van der Waals surface area (Å²) in [6.07, 6.45) is 2.15. The van der Waals surface area contributed by atoms with Crippen LogP contribution in [0.3, 0.4) is 0 Å². The van der Waals surface area contributed by atoms with Crippen molar-refractivity contribution in [2.24, 2.45) is 0 Å². The van der Waals surface area contributed by atoms with Gasteiger partial charge in [-0.2, -0.15) is 0 Å². The Kier molecular flexibility index (Phi) is 4.01. The van der Waals surface area contributed by atoms with E-state index in [1.54, 1.807) is 0 Å². The van der Waals surface area contributed by atoms with Gasteiger partial charge in [-0.1, -0.05) is 12.1 Å². The van der Waals surface area contributed by atoms with E-state index in [1.807, 2.05) is 0 Å². The molecule has 0 bridgehead atoms. The molecule has 4 nitrogen and oxygen atoms in total. The molecule has 2 heterocycles. The number of fused-ring (bicyclic) bond motifs is 1. The first-order chi connectivity index (χ1) is 9.31. The number of ether oxygens (including phenoxy) is 1. The third-order valence-corrected chi connectivity index (χ3v) is 4.01. The second-order valence-electron chi connectivity index (χ2n) is 5.49. The van der Waals surface area contributed by atoms with Gasteiger partial charge in [0.2, 0.25) is 0 Å². The smallest absolute Gasteiger partial charge is 0.122 e. The molecule has 1 saturated heterocycles. The van der Waals surface area contributed by atoms with Crippen LogP contribution in [-0.2, 0) is 12.8 Å². The number of nitrogens with one attached hydrogen (secondary N) is 1. The van der Waals surface area contributed by atoms with Crippen LogP contribution >= 0.6 is 0 Å². The topological polar surface area (TPSA) is 27.7 Å². The molecular formula is C15H23N3O. The quantitative estimate of drug-likeness (QED) is 0.872. The largest absolute Gasteiger partial charge is 0.493 e. The minimum atomic E-state index is 0.846. The maximum atomic E-state index is 5.53. The molecule has 0 spiro atoms. The van der Waals surface area contributed by atoms with E-state index in [9.17, 15) is 0 Å². The molecular weight excluding hydrogens is 238 g/mol. The van der Waals surface area contributed by atoms with E-state index in [1.165, 1.54) is 11.1 Å². The molecule has 0 amide bonds. The van der Waals surface area contributed by atoms with Crippen molar-refractivity contribution in [3.8, 4) is 5.75 Å². The first kappa shape index (κ1) is 12.9. The van der Waals surface area contributed by atoms with Crippen molar-refractivity contribution < 1.29 is 4.74 Å². The zero-order valence-electron chi connectivity index (χ0n) is 11.7. The van der Waals surface area contributed by atoms with E-state index in [0.29, 0.717) is 0 Å². The lowest BCUT2D eigenvalue weighted by Gasteiger charge is -2.32. The molecule has 104 valence electrons. The number of rotatable bonds is 4. The fourth-order valence-electron chi connectivity index (χ4n) is 2.72. The van der Waals surface area contributed by atoms with Gasteiger partial charge in [-0.25, -0.2) is 5.01 Å². The second kappa shape index (κ2) is 5.90. The van der Waals surface area contributed by atoms with Crippen molar-refractivity contribution in [1.29, 1.82) is 0 Å². The average molecular weight is 261 g/mol. The van der Waals surface area contributed by atoms with E-state index in [4.69, 9.17) is 4.74 Å². The number of benzene rings is 1. The molecule has 0 aliphatic carbocycles. The summed E-state index contributed by atoms with van der Waals surface area (Å²) in [5.74, 6) is 1.08. The number of nitrogens with zero attached hydrogens (tertiary/aromatic N) is 2. The Morgan fingerprint density at radius 3 is 2.89 bits per heavy atom.